The van der Waals surface area contributed by atoms with Gasteiger partial charge in [0.15, 0.2) is 0 Å². The van der Waals surface area contributed by atoms with Crippen molar-refractivity contribution in [1.82, 2.24) is 9.78 Å². The molecule has 0 saturated carbocycles. The lowest BCUT2D eigenvalue weighted by Crippen LogP contribution is -2.08. The van der Waals surface area contributed by atoms with E-state index in [1.807, 2.05) is 12.1 Å². The molecule has 2 aromatic rings. The molecule has 0 unspecified atom stereocenters. The Labute approximate surface area is 101 Å². The monoisotopic (exact) mass is 231 g/mol. The molecular weight excluding hydrogens is 214 g/mol. The van der Waals surface area contributed by atoms with Gasteiger partial charge < -0.3 is 10.8 Å². The van der Waals surface area contributed by atoms with E-state index >= 15 is 0 Å². The van der Waals surface area contributed by atoms with Crippen LogP contribution in [0.1, 0.15) is 16.7 Å². The second-order valence-corrected chi connectivity index (χ2v) is 4.11. The van der Waals surface area contributed by atoms with E-state index in [9.17, 15) is 0 Å². The summed E-state index contributed by atoms with van der Waals surface area (Å²) in [6.07, 6.45) is 2.28. The van der Waals surface area contributed by atoms with Crippen molar-refractivity contribution in [2.24, 2.45) is 0 Å². The Kier molecular flexibility index (Phi) is 3.44. The Hall–Kier alpha value is -1.81. The molecule has 1 heterocycles. The number of anilines is 1. The van der Waals surface area contributed by atoms with Gasteiger partial charge in [-0.25, -0.2) is 4.68 Å². The van der Waals surface area contributed by atoms with Crippen molar-refractivity contribution in [1.29, 1.82) is 0 Å². The van der Waals surface area contributed by atoms with Gasteiger partial charge >= 0.3 is 0 Å². The molecule has 0 radical (unpaired) electrons. The molecule has 0 atom stereocenters. The van der Waals surface area contributed by atoms with Crippen LogP contribution in [0.15, 0.2) is 30.5 Å². The van der Waals surface area contributed by atoms with E-state index < -0.39 is 0 Å². The lowest BCUT2D eigenvalue weighted by Gasteiger charge is -2.07. The summed E-state index contributed by atoms with van der Waals surface area (Å²) < 4.78 is 1.77. The fraction of sp³-hybridized carbons (Fsp3) is 0.308. The maximum atomic E-state index is 8.89. The van der Waals surface area contributed by atoms with Crippen molar-refractivity contribution in [2.45, 2.75) is 19.9 Å². The van der Waals surface area contributed by atoms with Gasteiger partial charge in [0.05, 0.1) is 12.7 Å². The number of hydrogen-bond donors (Lipinski definition) is 2. The Morgan fingerprint density at radius 1 is 1.29 bits per heavy atom. The maximum absolute atomic E-state index is 8.89. The molecule has 4 nitrogen and oxygen atoms in total. The molecule has 90 valence electrons. The van der Waals surface area contributed by atoms with Crippen LogP contribution in [0.3, 0.4) is 0 Å². The Morgan fingerprint density at radius 3 is 2.76 bits per heavy atom. The van der Waals surface area contributed by atoms with Gasteiger partial charge in [-0.1, -0.05) is 24.3 Å². The van der Waals surface area contributed by atoms with Gasteiger partial charge in [-0.05, 0) is 18.1 Å². The fourth-order valence-electron chi connectivity index (χ4n) is 1.82. The molecule has 0 bridgehead atoms. The number of nitrogens with two attached hydrogens (primary N) is 1. The molecule has 17 heavy (non-hydrogen) atoms. The summed E-state index contributed by atoms with van der Waals surface area (Å²) in [5, 5.41) is 13.1. The first-order chi connectivity index (χ1) is 8.22. The zero-order chi connectivity index (χ0) is 12.3. The van der Waals surface area contributed by atoms with Gasteiger partial charge in [0.1, 0.15) is 5.82 Å². The summed E-state index contributed by atoms with van der Waals surface area (Å²) in [5.74, 6) is 0.641. The minimum absolute atomic E-state index is 0.0975. The van der Waals surface area contributed by atoms with Crippen molar-refractivity contribution in [3.05, 3.63) is 47.2 Å². The van der Waals surface area contributed by atoms with Crippen LogP contribution in [0.4, 0.5) is 5.82 Å². The van der Waals surface area contributed by atoms with Crippen molar-refractivity contribution in [2.75, 3.05) is 12.3 Å². The molecule has 3 N–H and O–H groups in total. The summed E-state index contributed by atoms with van der Waals surface area (Å²) in [4.78, 5) is 0. The Morgan fingerprint density at radius 2 is 2.06 bits per heavy atom. The first-order valence-electron chi connectivity index (χ1n) is 5.68. The third-order valence-corrected chi connectivity index (χ3v) is 2.92. The highest BCUT2D eigenvalue weighted by molar-refractivity contribution is 5.40. The fourth-order valence-corrected chi connectivity index (χ4v) is 1.82. The van der Waals surface area contributed by atoms with Crippen molar-refractivity contribution in [3.8, 4) is 0 Å². The first-order valence-corrected chi connectivity index (χ1v) is 5.68. The molecule has 1 aromatic carbocycles. The SMILES string of the molecule is Cc1ccccc1Cn1ncc(CCO)c1N. The summed E-state index contributed by atoms with van der Waals surface area (Å²) in [6.45, 7) is 2.84. The van der Waals surface area contributed by atoms with Crippen LogP contribution < -0.4 is 5.73 Å². The van der Waals surface area contributed by atoms with Gasteiger partial charge in [0.2, 0.25) is 0 Å². The maximum Gasteiger partial charge on any atom is 0.125 e. The van der Waals surface area contributed by atoms with E-state index in [1.54, 1.807) is 10.9 Å². The summed E-state index contributed by atoms with van der Waals surface area (Å²) in [6, 6.07) is 8.17. The van der Waals surface area contributed by atoms with Gasteiger partial charge in [0, 0.05) is 18.6 Å². The van der Waals surface area contributed by atoms with Crippen molar-refractivity contribution < 1.29 is 5.11 Å². The number of aliphatic hydroxyl groups is 1. The van der Waals surface area contributed by atoms with Crippen molar-refractivity contribution in [3.63, 3.8) is 0 Å². The van der Waals surface area contributed by atoms with E-state index in [0.29, 0.717) is 18.8 Å². The lowest BCUT2D eigenvalue weighted by atomic mass is 10.1. The standard InChI is InChI=1S/C13H17N3O/c1-10-4-2-3-5-12(10)9-16-13(14)11(6-7-17)8-15-16/h2-5,8,17H,6-7,9,14H2,1H3. The minimum Gasteiger partial charge on any atom is -0.396 e. The van der Waals surface area contributed by atoms with Crippen LogP contribution in [0, 0.1) is 6.92 Å². The molecule has 2 rings (SSSR count). The molecule has 0 aliphatic carbocycles. The van der Waals surface area contributed by atoms with Crippen LogP contribution in [0.2, 0.25) is 0 Å². The Bertz CT molecular complexity index is 505. The predicted molar refractivity (Wildman–Crippen MR) is 67.7 cm³/mol. The molecule has 1 aromatic heterocycles. The molecule has 0 aliphatic rings. The number of aromatic nitrogens is 2. The lowest BCUT2D eigenvalue weighted by molar-refractivity contribution is 0.300. The molecule has 0 saturated heterocycles. The highest BCUT2D eigenvalue weighted by Crippen LogP contribution is 2.15. The summed E-state index contributed by atoms with van der Waals surface area (Å²) in [7, 11) is 0. The molecule has 4 heteroatoms. The third kappa shape index (κ3) is 2.47. The van der Waals surface area contributed by atoms with Gasteiger partial charge in [-0.2, -0.15) is 5.10 Å². The highest BCUT2D eigenvalue weighted by atomic mass is 16.2. The molecule has 0 spiro atoms. The van der Waals surface area contributed by atoms with Crippen LogP contribution in [0.25, 0.3) is 0 Å². The average Bonchev–Trinajstić information content (AvgIpc) is 2.65. The van der Waals surface area contributed by atoms with Crippen LogP contribution in [0.5, 0.6) is 0 Å². The second-order valence-electron chi connectivity index (χ2n) is 4.11. The predicted octanol–water partition coefficient (Wildman–Crippen LogP) is 1.36. The number of nitrogens with zero attached hydrogens (tertiary/aromatic N) is 2. The van der Waals surface area contributed by atoms with E-state index in [-0.39, 0.29) is 6.61 Å². The first kappa shape index (κ1) is 11.7. The van der Waals surface area contributed by atoms with E-state index in [2.05, 4.69) is 24.2 Å². The number of rotatable bonds is 4. The molecule has 0 aliphatic heterocycles. The van der Waals surface area contributed by atoms with E-state index in [1.165, 1.54) is 11.1 Å². The van der Waals surface area contributed by atoms with Gasteiger partial charge in [-0.3, -0.25) is 0 Å². The zero-order valence-corrected chi connectivity index (χ0v) is 9.93. The molecule has 0 amide bonds. The van der Waals surface area contributed by atoms with Gasteiger partial charge in [-0.15, -0.1) is 0 Å². The summed E-state index contributed by atoms with van der Waals surface area (Å²) in [5.41, 5.74) is 9.31. The molecule has 0 fully saturated rings. The normalized spacial score (nSPS) is 10.7. The zero-order valence-electron chi connectivity index (χ0n) is 9.93. The largest absolute Gasteiger partial charge is 0.396 e. The van der Waals surface area contributed by atoms with Crippen LogP contribution in [-0.2, 0) is 13.0 Å². The third-order valence-electron chi connectivity index (χ3n) is 2.92. The van der Waals surface area contributed by atoms with Gasteiger partial charge in [0.25, 0.3) is 0 Å². The minimum atomic E-state index is 0.0975. The van der Waals surface area contributed by atoms with E-state index in [0.717, 1.165) is 5.56 Å². The molecular formula is C13H17N3O. The Balaban J connectivity index is 2.22. The number of nitrogen functional groups attached to an aromatic ring is 1. The van der Waals surface area contributed by atoms with Crippen LogP contribution >= 0.6 is 0 Å². The topological polar surface area (TPSA) is 64.1 Å². The quantitative estimate of drug-likeness (QED) is 0.835. The number of aliphatic hydroxyl groups excluding tert-OH is 1. The number of benzene rings is 1. The van der Waals surface area contributed by atoms with Crippen molar-refractivity contribution >= 4 is 5.82 Å². The number of hydrogen-bond acceptors (Lipinski definition) is 3. The van der Waals surface area contributed by atoms with E-state index in [4.69, 9.17) is 10.8 Å². The smallest absolute Gasteiger partial charge is 0.125 e. The number of aryl methyl sites for hydroxylation is 1. The van der Waals surface area contributed by atoms with Crippen LogP contribution in [-0.4, -0.2) is 21.5 Å². The highest BCUT2D eigenvalue weighted by Gasteiger charge is 2.07. The summed E-state index contributed by atoms with van der Waals surface area (Å²) >= 11 is 0. The second kappa shape index (κ2) is 5.01. The average molecular weight is 231 g/mol.